The van der Waals surface area contributed by atoms with Crippen molar-refractivity contribution in [2.24, 2.45) is 0 Å². The van der Waals surface area contributed by atoms with E-state index in [0.29, 0.717) is 5.82 Å². The van der Waals surface area contributed by atoms with Crippen LogP contribution in [0.4, 0.5) is 5.82 Å². The van der Waals surface area contributed by atoms with Crippen molar-refractivity contribution in [3.05, 3.63) is 23.9 Å². The van der Waals surface area contributed by atoms with Crippen LogP contribution in [0.25, 0.3) is 0 Å². The fourth-order valence-electron chi connectivity index (χ4n) is 0.564. The van der Waals surface area contributed by atoms with Gasteiger partial charge in [-0.3, -0.25) is 0 Å². The van der Waals surface area contributed by atoms with Crippen molar-refractivity contribution in [2.45, 2.75) is 34.6 Å². The second-order valence-electron chi connectivity index (χ2n) is 1.70. The van der Waals surface area contributed by atoms with Gasteiger partial charge in [-0.1, -0.05) is 33.8 Å². The van der Waals surface area contributed by atoms with Crippen molar-refractivity contribution >= 4 is 5.82 Å². The molecule has 0 unspecified atom stereocenters. The van der Waals surface area contributed by atoms with Crippen molar-refractivity contribution in [3.8, 4) is 0 Å². The highest BCUT2D eigenvalue weighted by Crippen LogP contribution is 1.96. The van der Waals surface area contributed by atoms with Crippen LogP contribution in [0, 0.1) is 6.92 Å². The number of nitrogens with two attached hydrogens (primary N) is 1. The average molecular weight is 168 g/mol. The molecule has 0 amide bonds. The van der Waals surface area contributed by atoms with E-state index in [1.807, 2.05) is 46.8 Å². The summed E-state index contributed by atoms with van der Waals surface area (Å²) in [4.78, 5) is 3.95. The van der Waals surface area contributed by atoms with Gasteiger partial charge in [-0.25, -0.2) is 4.98 Å². The largest absolute Gasteiger partial charge is 0.384 e. The Morgan fingerprint density at radius 1 is 1.08 bits per heavy atom. The van der Waals surface area contributed by atoms with Gasteiger partial charge in [0, 0.05) is 5.69 Å². The Morgan fingerprint density at radius 3 is 1.83 bits per heavy atom. The Balaban J connectivity index is 0. The molecule has 0 aliphatic rings. The molecule has 0 fully saturated rings. The van der Waals surface area contributed by atoms with Gasteiger partial charge in [0.25, 0.3) is 0 Å². The molecule has 70 valence electrons. The molecule has 0 atom stereocenters. The molecule has 2 heteroatoms. The summed E-state index contributed by atoms with van der Waals surface area (Å²) in [5.41, 5.74) is 6.31. The van der Waals surface area contributed by atoms with Gasteiger partial charge in [0.2, 0.25) is 0 Å². The zero-order valence-electron chi connectivity index (χ0n) is 8.76. The van der Waals surface area contributed by atoms with E-state index < -0.39 is 0 Å². The first-order valence-electron chi connectivity index (χ1n) is 4.48. The van der Waals surface area contributed by atoms with Crippen LogP contribution in [-0.4, -0.2) is 4.98 Å². The monoisotopic (exact) mass is 168 g/mol. The number of aryl methyl sites for hydroxylation is 1. The molecule has 1 heterocycles. The maximum atomic E-state index is 5.35. The van der Waals surface area contributed by atoms with Gasteiger partial charge in [0.05, 0.1) is 0 Å². The summed E-state index contributed by atoms with van der Waals surface area (Å²) in [7, 11) is 0. The number of pyridine rings is 1. The SMILES string of the molecule is CC.CC.Cc1cccc(N)n1. The zero-order valence-corrected chi connectivity index (χ0v) is 8.76. The molecular formula is C10H20N2. The number of nitrogens with zero attached hydrogens (tertiary/aromatic N) is 1. The van der Waals surface area contributed by atoms with Gasteiger partial charge < -0.3 is 5.73 Å². The summed E-state index contributed by atoms with van der Waals surface area (Å²) in [6, 6.07) is 5.57. The van der Waals surface area contributed by atoms with Crippen LogP contribution >= 0.6 is 0 Å². The van der Waals surface area contributed by atoms with E-state index in [0.717, 1.165) is 5.69 Å². The minimum absolute atomic E-state index is 0.588. The lowest BCUT2D eigenvalue weighted by Gasteiger charge is -1.90. The average Bonchev–Trinajstić information content (AvgIpc) is 2.11. The summed E-state index contributed by atoms with van der Waals surface area (Å²) in [5, 5.41) is 0. The first-order valence-corrected chi connectivity index (χ1v) is 4.48. The molecule has 1 aromatic rings. The van der Waals surface area contributed by atoms with Gasteiger partial charge in [-0.15, -0.1) is 0 Å². The van der Waals surface area contributed by atoms with E-state index in [4.69, 9.17) is 5.73 Å². The van der Waals surface area contributed by atoms with E-state index in [-0.39, 0.29) is 0 Å². The van der Waals surface area contributed by atoms with E-state index >= 15 is 0 Å². The van der Waals surface area contributed by atoms with Crippen molar-refractivity contribution in [3.63, 3.8) is 0 Å². The maximum Gasteiger partial charge on any atom is 0.123 e. The third-order valence-corrected chi connectivity index (χ3v) is 0.910. The Bertz CT molecular complexity index is 168. The van der Waals surface area contributed by atoms with Crippen LogP contribution < -0.4 is 5.73 Å². The molecule has 0 aliphatic heterocycles. The summed E-state index contributed by atoms with van der Waals surface area (Å²) < 4.78 is 0. The molecule has 0 spiro atoms. The van der Waals surface area contributed by atoms with E-state index in [9.17, 15) is 0 Å². The van der Waals surface area contributed by atoms with Gasteiger partial charge in [-0.2, -0.15) is 0 Å². The first-order chi connectivity index (χ1) is 5.79. The molecule has 0 aliphatic carbocycles. The summed E-state index contributed by atoms with van der Waals surface area (Å²) in [6.07, 6.45) is 0. The Kier molecular flexibility index (Phi) is 11.2. The Labute approximate surface area is 75.8 Å². The highest BCUT2D eigenvalue weighted by atomic mass is 14.8. The molecule has 0 aromatic carbocycles. The predicted octanol–water partition coefficient (Wildman–Crippen LogP) is 3.02. The third-order valence-electron chi connectivity index (χ3n) is 0.910. The van der Waals surface area contributed by atoms with Crippen molar-refractivity contribution in [1.29, 1.82) is 0 Å². The molecule has 0 bridgehead atoms. The van der Waals surface area contributed by atoms with Crippen molar-refractivity contribution in [1.82, 2.24) is 4.98 Å². The molecule has 0 saturated heterocycles. The minimum atomic E-state index is 0.588. The van der Waals surface area contributed by atoms with Gasteiger partial charge in [0.1, 0.15) is 5.82 Å². The minimum Gasteiger partial charge on any atom is -0.384 e. The number of rotatable bonds is 0. The fraction of sp³-hybridized carbons (Fsp3) is 0.500. The smallest absolute Gasteiger partial charge is 0.123 e. The quantitative estimate of drug-likeness (QED) is 0.646. The molecule has 1 rings (SSSR count). The highest BCUT2D eigenvalue weighted by Gasteiger charge is 1.82. The van der Waals surface area contributed by atoms with Crippen LogP contribution in [-0.2, 0) is 0 Å². The number of nitrogen functional groups attached to an aromatic ring is 1. The van der Waals surface area contributed by atoms with Gasteiger partial charge >= 0.3 is 0 Å². The topological polar surface area (TPSA) is 38.9 Å². The predicted molar refractivity (Wildman–Crippen MR) is 56.1 cm³/mol. The number of hydrogen-bond acceptors (Lipinski definition) is 2. The van der Waals surface area contributed by atoms with E-state index in [1.54, 1.807) is 6.07 Å². The van der Waals surface area contributed by atoms with Crippen LogP contribution in [0.1, 0.15) is 33.4 Å². The third kappa shape index (κ3) is 7.06. The van der Waals surface area contributed by atoms with Crippen LogP contribution in [0.3, 0.4) is 0 Å². The number of anilines is 1. The van der Waals surface area contributed by atoms with E-state index in [1.165, 1.54) is 0 Å². The molecule has 2 nitrogen and oxygen atoms in total. The Morgan fingerprint density at radius 2 is 1.58 bits per heavy atom. The van der Waals surface area contributed by atoms with Crippen LogP contribution in [0.5, 0.6) is 0 Å². The molecule has 0 saturated carbocycles. The van der Waals surface area contributed by atoms with Crippen LogP contribution in [0.2, 0.25) is 0 Å². The van der Waals surface area contributed by atoms with E-state index in [2.05, 4.69) is 4.98 Å². The number of hydrogen-bond donors (Lipinski definition) is 1. The molecule has 12 heavy (non-hydrogen) atoms. The molecule has 0 radical (unpaired) electrons. The summed E-state index contributed by atoms with van der Waals surface area (Å²) in [5.74, 6) is 0.588. The standard InChI is InChI=1S/C6H8N2.2C2H6/c1-5-3-2-4-6(7)8-5;2*1-2/h2-4H,1H3,(H2,7,8);2*1-2H3. The lowest BCUT2D eigenvalue weighted by atomic mass is 10.4. The van der Waals surface area contributed by atoms with Gasteiger partial charge in [0.15, 0.2) is 0 Å². The van der Waals surface area contributed by atoms with Gasteiger partial charge in [-0.05, 0) is 19.1 Å². The van der Waals surface area contributed by atoms with Crippen LogP contribution in [0.15, 0.2) is 18.2 Å². The second kappa shape index (κ2) is 9.95. The zero-order chi connectivity index (χ0) is 9.98. The Hall–Kier alpha value is -1.05. The summed E-state index contributed by atoms with van der Waals surface area (Å²) >= 11 is 0. The fourth-order valence-corrected chi connectivity index (χ4v) is 0.564. The lowest BCUT2D eigenvalue weighted by Crippen LogP contribution is -1.89. The molecule has 1 aromatic heterocycles. The molecule has 2 N–H and O–H groups in total. The lowest BCUT2D eigenvalue weighted by molar-refractivity contribution is 1.21. The molecular weight excluding hydrogens is 148 g/mol. The number of aromatic nitrogens is 1. The second-order valence-corrected chi connectivity index (χ2v) is 1.70. The summed E-state index contributed by atoms with van der Waals surface area (Å²) in [6.45, 7) is 9.91. The van der Waals surface area contributed by atoms with Crippen molar-refractivity contribution < 1.29 is 0 Å². The first kappa shape index (κ1) is 13.5. The van der Waals surface area contributed by atoms with Crippen molar-refractivity contribution in [2.75, 3.05) is 5.73 Å². The highest BCUT2D eigenvalue weighted by molar-refractivity contribution is 5.28. The normalized spacial score (nSPS) is 7.08. The maximum absolute atomic E-state index is 5.35.